The highest BCUT2D eigenvalue weighted by Crippen LogP contribution is 2.45. The van der Waals surface area contributed by atoms with Crippen molar-refractivity contribution in [3.8, 4) is 0 Å². The maximum Gasteiger partial charge on any atom is 0.282 e. The van der Waals surface area contributed by atoms with E-state index in [1.54, 1.807) is 15.5 Å². The third-order valence-electron chi connectivity index (χ3n) is 6.16. The number of carbonyl (C=O) groups is 1. The van der Waals surface area contributed by atoms with Gasteiger partial charge in [0.1, 0.15) is 0 Å². The van der Waals surface area contributed by atoms with Gasteiger partial charge in [0.05, 0.1) is 0 Å². The Kier molecular flexibility index (Phi) is 5.23. The Morgan fingerprint density at radius 1 is 1.12 bits per heavy atom. The molecule has 1 atom stereocenters. The zero-order chi connectivity index (χ0) is 17.4. The number of carbonyl (C=O) groups excluding carboxylic acids is 1. The van der Waals surface area contributed by atoms with Crippen LogP contribution in [0.1, 0.15) is 65.2 Å². The Morgan fingerprint density at radius 3 is 2.29 bits per heavy atom. The van der Waals surface area contributed by atoms with E-state index in [4.69, 9.17) is 0 Å². The Bertz CT molecular complexity index is 566. The number of rotatable bonds is 4. The molecule has 3 rings (SSSR count). The predicted molar refractivity (Wildman–Crippen MR) is 93.7 cm³/mol. The fourth-order valence-electron chi connectivity index (χ4n) is 5.00. The predicted octanol–water partition coefficient (Wildman–Crippen LogP) is 1.97. The van der Waals surface area contributed by atoms with Crippen LogP contribution in [0.15, 0.2) is 0 Å². The van der Waals surface area contributed by atoms with Crippen LogP contribution in [0.5, 0.6) is 0 Å². The van der Waals surface area contributed by atoms with E-state index in [-0.39, 0.29) is 17.5 Å². The normalized spacial score (nSPS) is 28.5. The van der Waals surface area contributed by atoms with Crippen molar-refractivity contribution in [2.45, 2.75) is 76.8 Å². The van der Waals surface area contributed by atoms with Crippen LogP contribution in [-0.2, 0) is 15.0 Å². The van der Waals surface area contributed by atoms with Crippen molar-refractivity contribution in [1.82, 2.24) is 13.5 Å². The molecule has 7 heteroatoms. The van der Waals surface area contributed by atoms with Gasteiger partial charge < -0.3 is 4.90 Å². The van der Waals surface area contributed by atoms with Gasteiger partial charge in [-0.15, -0.1) is 0 Å². The highest BCUT2D eigenvalue weighted by molar-refractivity contribution is 7.86. The van der Waals surface area contributed by atoms with Crippen LogP contribution < -0.4 is 0 Å². The lowest BCUT2D eigenvalue weighted by molar-refractivity contribution is -0.130. The second kappa shape index (κ2) is 6.92. The van der Waals surface area contributed by atoms with E-state index in [1.165, 1.54) is 6.42 Å². The van der Waals surface area contributed by atoms with Gasteiger partial charge in [-0.2, -0.15) is 17.0 Å². The highest BCUT2D eigenvalue weighted by Gasteiger charge is 2.54. The lowest BCUT2D eigenvalue weighted by Gasteiger charge is -2.41. The topological polar surface area (TPSA) is 60.9 Å². The van der Waals surface area contributed by atoms with Crippen molar-refractivity contribution in [3.05, 3.63) is 0 Å². The smallest absolute Gasteiger partial charge is 0.282 e. The Hall–Kier alpha value is -0.660. The van der Waals surface area contributed by atoms with Gasteiger partial charge >= 0.3 is 0 Å². The number of amides is 1. The minimum Gasteiger partial charge on any atom is -0.339 e. The maximum atomic E-state index is 13.3. The minimum atomic E-state index is -3.42. The molecule has 3 fully saturated rings. The molecule has 0 unspecified atom stereocenters. The second-order valence-corrected chi connectivity index (χ2v) is 9.45. The first kappa shape index (κ1) is 18.1. The molecule has 1 spiro atoms. The van der Waals surface area contributed by atoms with E-state index in [0.29, 0.717) is 26.2 Å². The molecule has 6 nitrogen and oxygen atoms in total. The molecule has 1 saturated carbocycles. The van der Waals surface area contributed by atoms with Gasteiger partial charge in [0.25, 0.3) is 10.2 Å². The van der Waals surface area contributed by atoms with E-state index in [9.17, 15) is 13.2 Å². The maximum absolute atomic E-state index is 13.3. The molecule has 0 N–H and O–H groups in total. The van der Waals surface area contributed by atoms with Crippen molar-refractivity contribution < 1.29 is 13.2 Å². The summed E-state index contributed by atoms with van der Waals surface area (Å²) in [5, 5.41) is 0. The summed E-state index contributed by atoms with van der Waals surface area (Å²) in [6, 6.07) is 0.0166. The van der Waals surface area contributed by atoms with E-state index < -0.39 is 10.2 Å². The quantitative estimate of drug-likeness (QED) is 0.773. The molecule has 0 radical (unpaired) electrons. The summed E-state index contributed by atoms with van der Waals surface area (Å²) in [5.41, 5.74) is -0.271. The van der Waals surface area contributed by atoms with E-state index in [1.807, 2.05) is 11.8 Å². The lowest BCUT2D eigenvalue weighted by atomic mass is 9.80. The van der Waals surface area contributed by atoms with Crippen molar-refractivity contribution in [2.24, 2.45) is 0 Å². The Labute approximate surface area is 146 Å². The Morgan fingerprint density at radius 2 is 1.75 bits per heavy atom. The third kappa shape index (κ3) is 3.10. The van der Waals surface area contributed by atoms with Crippen LogP contribution in [0.25, 0.3) is 0 Å². The zero-order valence-corrected chi connectivity index (χ0v) is 15.9. The lowest BCUT2D eigenvalue weighted by Crippen LogP contribution is -2.53. The molecule has 2 aliphatic heterocycles. The van der Waals surface area contributed by atoms with Gasteiger partial charge in [0.15, 0.2) is 0 Å². The van der Waals surface area contributed by atoms with Gasteiger partial charge in [-0.3, -0.25) is 4.79 Å². The van der Waals surface area contributed by atoms with E-state index >= 15 is 0 Å². The van der Waals surface area contributed by atoms with Gasteiger partial charge in [-0.25, -0.2) is 0 Å². The summed E-state index contributed by atoms with van der Waals surface area (Å²) in [6.07, 6.45) is 7.95. The number of hydrogen-bond donors (Lipinski definition) is 0. The number of nitrogens with zero attached hydrogens (tertiary/aromatic N) is 3. The van der Waals surface area contributed by atoms with Gasteiger partial charge in [-0.1, -0.05) is 19.3 Å². The fourth-order valence-corrected chi connectivity index (χ4v) is 7.10. The van der Waals surface area contributed by atoms with Crippen LogP contribution >= 0.6 is 0 Å². The van der Waals surface area contributed by atoms with Crippen LogP contribution in [0.3, 0.4) is 0 Å². The minimum absolute atomic E-state index is 0.0166. The number of likely N-dealkylation sites (N-methyl/N-ethyl adjacent to an activating group) is 1. The van der Waals surface area contributed by atoms with Crippen LogP contribution in [0.4, 0.5) is 0 Å². The molecule has 24 heavy (non-hydrogen) atoms. The van der Waals surface area contributed by atoms with Gasteiger partial charge in [-0.05, 0) is 39.0 Å². The largest absolute Gasteiger partial charge is 0.339 e. The SMILES string of the molecule is CCN(C(C)=O)[C@H]1CN(S(=O)(=O)N2CCCC2)C2(CCCCC2)C1. The molecular weight excluding hydrogens is 326 g/mol. The molecule has 2 saturated heterocycles. The summed E-state index contributed by atoms with van der Waals surface area (Å²) < 4.78 is 30.0. The highest BCUT2D eigenvalue weighted by atomic mass is 32.2. The second-order valence-electron chi connectivity index (χ2n) is 7.59. The van der Waals surface area contributed by atoms with E-state index in [0.717, 1.165) is 44.9 Å². The van der Waals surface area contributed by atoms with Gasteiger partial charge in [0.2, 0.25) is 5.91 Å². The first-order chi connectivity index (χ1) is 11.4. The first-order valence-corrected chi connectivity index (χ1v) is 10.9. The summed E-state index contributed by atoms with van der Waals surface area (Å²) in [5.74, 6) is 0.0499. The van der Waals surface area contributed by atoms with Crippen molar-refractivity contribution >= 4 is 16.1 Å². The van der Waals surface area contributed by atoms with Crippen molar-refractivity contribution in [1.29, 1.82) is 0 Å². The van der Waals surface area contributed by atoms with Crippen molar-refractivity contribution in [3.63, 3.8) is 0 Å². The molecule has 0 aromatic heterocycles. The molecule has 1 aliphatic carbocycles. The standard InChI is InChI=1S/C17H31N3O3S/c1-3-19(15(2)21)16-13-17(9-5-4-6-10-17)20(14-16)24(22,23)18-11-7-8-12-18/h16H,3-14H2,1-2H3/t16-/m1/s1. The number of hydrogen-bond acceptors (Lipinski definition) is 3. The summed E-state index contributed by atoms with van der Waals surface area (Å²) in [4.78, 5) is 13.9. The molecule has 0 bridgehead atoms. The molecular formula is C17H31N3O3S. The molecule has 138 valence electrons. The Balaban J connectivity index is 1.90. The summed E-state index contributed by atoms with van der Waals surface area (Å²) in [7, 11) is -3.42. The monoisotopic (exact) mass is 357 g/mol. The van der Waals surface area contributed by atoms with Crippen LogP contribution in [0.2, 0.25) is 0 Å². The summed E-state index contributed by atoms with van der Waals surface area (Å²) >= 11 is 0. The molecule has 1 amide bonds. The fraction of sp³-hybridized carbons (Fsp3) is 0.941. The van der Waals surface area contributed by atoms with Gasteiger partial charge in [0, 0.05) is 44.7 Å². The average Bonchev–Trinajstić information content (AvgIpc) is 3.18. The third-order valence-corrected chi connectivity index (χ3v) is 8.27. The zero-order valence-electron chi connectivity index (χ0n) is 15.0. The van der Waals surface area contributed by atoms with Crippen LogP contribution in [0, 0.1) is 0 Å². The molecule has 3 aliphatic rings. The van der Waals surface area contributed by atoms with Crippen molar-refractivity contribution in [2.75, 3.05) is 26.2 Å². The van der Waals surface area contributed by atoms with E-state index in [2.05, 4.69) is 0 Å². The molecule has 2 heterocycles. The summed E-state index contributed by atoms with van der Waals surface area (Å²) in [6.45, 7) is 5.97. The first-order valence-electron chi connectivity index (χ1n) is 9.46. The molecule has 0 aromatic carbocycles. The molecule has 0 aromatic rings. The van der Waals surface area contributed by atoms with Crippen LogP contribution in [-0.4, -0.2) is 65.6 Å². The average molecular weight is 358 g/mol.